The maximum atomic E-state index is 5.96. The number of ether oxygens (including phenoxy) is 2. The number of hydrogen-bond donors (Lipinski definition) is 2. The molecule has 1 aromatic heterocycles. The topological polar surface area (TPSA) is 82.3 Å². The molecule has 0 aliphatic carbocycles. The van der Waals surface area contributed by atoms with E-state index >= 15 is 0 Å². The predicted octanol–water partition coefficient (Wildman–Crippen LogP) is 2.47. The van der Waals surface area contributed by atoms with Crippen molar-refractivity contribution in [2.24, 2.45) is 0 Å². The van der Waals surface area contributed by atoms with E-state index in [9.17, 15) is 0 Å². The van der Waals surface area contributed by atoms with Crippen LogP contribution in [0.2, 0.25) is 5.02 Å². The lowest BCUT2D eigenvalue weighted by Crippen LogP contribution is -2.02. The maximum Gasteiger partial charge on any atom is 0.204 e. The first kappa shape index (κ1) is 13.2. The molecule has 0 radical (unpaired) electrons. The minimum atomic E-state index is 0.265. The van der Waals surface area contributed by atoms with E-state index in [0.29, 0.717) is 22.3 Å². The second kappa shape index (κ2) is 5.62. The minimum Gasteiger partial charge on any atom is -0.495 e. The van der Waals surface area contributed by atoms with Crippen molar-refractivity contribution in [1.82, 2.24) is 9.97 Å². The number of nitrogens with zero attached hydrogens (tertiary/aromatic N) is 2. The van der Waals surface area contributed by atoms with Gasteiger partial charge < -0.3 is 20.5 Å². The van der Waals surface area contributed by atoms with Gasteiger partial charge in [-0.15, -0.1) is 0 Å². The number of benzene rings is 1. The van der Waals surface area contributed by atoms with Crippen molar-refractivity contribution in [3.05, 3.63) is 29.5 Å². The molecular formula is C12H13ClN4O2. The molecule has 1 heterocycles. The zero-order valence-corrected chi connectivity index (χ0v) is 11.2. The largest absolute Gasteiger partial charge is 0.495 e. The number of halogens is 1. The summed E-state index contributed by atoms with van der Waals surface area (Å²) in [5.41, 5.74) is 6.45. The molecule has 100 valence electrons. The molecule has 7 heteroatoms. The molecule has 3 N–H and O–H groups in total. The lowest BCUT2D eigenvalue weighted by molar-refractivity contribution is 0.414. The maximum absolute atomic E-state index is 5.96. The highest BCUT2D eigenvalue weighted by atomic mass is 35.5. The van der Waals surface area contributed by atoms with E-state index in [1.807, 2.05) is 0 Å². The van der Waals surface area contributed by atoms with Gasteiger partial charge in [-0.25, -0.2) is 9.97 Å². The molecule has 0 unspecified atom stereocenters. The van der Waals surface area contributed by atoms with Crippen LogP contribution in [0, 0.1) is 0 Å². The number of nitrogens with two attached hydrogens (primary N) is 1. The van der Waals surface area contributed by atoms with Crippen LogP contribution in [0.1, 0.15) is 0 Å². The van der Waals surface area contributed by atoms with Gasteiger partial charge in [-0.2, -0.15) is 0 Å². The molecule has 0 atom stereocenters. The van der Waals surface area contributed by atoms with E-state index in [0.717, 1.165) is 5.69 Å². The fraction of sp³-hybridized carbons (Fsp3) is 0.167. The van der Waals surface area contributed by atoms with Crippen molar-refractivity contribution < 1.29 is 9.47 Å². The van der Waals surface area contributed by atoms with Crippen LogP contribution in [0.15, 0.2) is 24.5 Å². The van der Waals surface area contributed by atoms with E-state index < -0.39 is 0 Å². The monoisotopic (exact) mass is 280 g/mol. The summed E-state index contributed by atoms with van der Waals surface area (Å²) in [6.45, 7) is 0. The molecule has 6 nitrogen and oxygen atoms in total. The summed E-state index contributed by atoms with van der Waals surface area (Å²) in [5.74, 6) is 1.68. The Bertz CT molecular complexity index is 592. The Morgan fingerprint density at radius 3 is 2.68 bits per heavy atom. The van der Waals surface area contributed by atoms with Crippen molar-refractivity contribution >= 4 is 28.9 Å². The summed E-state index contributed by atoms with van der Waals surface area (Å²) in [7, 11) is 3.05. The summed E-state index contributed by atoms with van der Waals surface area (Å²) in [6, 6.07) is 5.27. The van der Waals surface area contributed by atoms with Crippen molar-refractivity contribution in [2.45, 2.75) is 0 Å². The Morgan fingerprint density at radius 2 is 2.00 bits per heavy atom. The molecule has 0 aliphatic rings. The summed E-state index contributed by atoms with van der Waals surface area (Å²) in [4.78, 5) is 7.94. The minimum absolute atomic E-state index is 0.265. The zero-order valence-electron chi connectivity index (χ0n) is 10.5. The Kier molecular flexibility index (Phi) is 3.91. The van der Waals surface area contributed by atoms with Crippen molar-refractivity contribution in [1.29, 1.82) is 0 Å². The molecule has 2 rings (SSSR count). The highest BCUT2D eigenvalue weighted by molar-refractivity contribution is 6.32. The first-order chi connectivity index (χ1) is 9.15. The first-order valence-electron chi connectivity index (χ1n) is 5.40. The number of nitrogens with one attached hydrogen (secondary N) is 1. The van der Waals surface area contributed by atoms with E-state index in [2.05, 4.69) is 15.3 Å². The summed E-state index contributed by atoms with van der Waals surface area (Å²) in [6.07, 6.45) is 1.35. The van der Waals surface area contributed by atoms with Gasteiger partial charge in [0.25, 0.3) is 0 Å². The van der Waals surface area contributed by atoms with Gasteiger partial charge in [-0.3, -0.25) is 0 Å². The Hall–Kier alpha value is -2.21. The summed E-state index contributed by atoms with van der Waals surface area (Å²) in [5, 5.41) is 3.60. The van der Waals surface area contributed by atoms with Gasteiger partial charge in [-0.1, -0.05) is 11.6 Å². The van der Waals surface area contributed by atoms with Crippen LogP contribution in [-0.4, -0.2) is 24.2 Å². The van der Waals surface area contributed by atoms with Crippen LogP contribution in [0.3, 0.4) is 0 Å². The van der Waals surface area contributed by atoms with E-state index in [1.54, 1.807) is 25.3 Å². The molecule has 0 saturated carbocycles. The molecule has 0 aliphatic heterocycles. The predicted molar refractivity (Wildman–Crippen MR) is 74.3 cm³/mol. The number of rotatable bonds is 4. The van der Waals surface area contributed by atoms with Crippen LogP contribution >= 0.6 is 11.6 Å². The normalized spacial score (nSPS) is 10.1. The van der Waals surface area contributed by atoms with Crippen molar-refractivity contribution in [3.63, 3.8) is 0 Å². The second-order valence-electron chi connectivity index (χ2n) is 3.62. The van der Waals surface area contributed by atoms with Gasteiger partial charge in [0.15, 0.2) is 11.6 Å². The number of hydrogen-bond acceptors (Lipinski definition) is 6. The zero-order chi connectivity index (χ0) is 13.8. The van der Waals surface area contributed by atoms with Crippen LogP contribution in [0.5, 0.6) is 11.5 Å². The average molecular weight is 281 g/mol. The summed E-state index contributed by atoms with van der Waals surface area (Å²) < 4.78 is 10.3. The molecule has 0 amide bonds. The van der Waals surface area contributed by atoms with E-state index in [4.69, 9.17) is 26.8 Å². The first-order valence-corrected chi connectivity index (χ1v) is 5.78. The highest BCUT2D eigenvalue weighted by Crippen LogP contribution is 2.32. The van der Waals surface area contributed by atoms with Gasteiger partial charge in [0.2, 0.25) is 5.75 Å². The molecule has 0 bridgehead atoms. The van der Waals surface area contributed by atoms with Crippen LogP contribution < -0.4 is 20.5 Å². The Balaban J connectivity index is 2.33. The molecular weight excluding hydrogens is 268 g/mol. The quantitative estimate of drug-likeness (QED) is 0.895. The number of nitrogen functional groups attached to an aromatic ring is 1. The van der Waals surface area contributed by atoms with Crippen LogP contribution in [0.25, 0.3) is 0 Å². The van der Waals surface area contributed by atoms with Crippen LogP contribution in [0.4, 0.5) is 17.3 Å². The third-order valence-corrected chi connectivity index (χ3v) is 2.76. The third kappa shape index (κ3) is 2.79. The molecule has 0 fully saturated rings. The molecule has 0 saturated heterocycles. The number of anilines is 3. The molecule has 19 heavy (non-hydrogen) atoms. The lowest BCUT2D eigenvalue weighted by atomic mass is 10.3. The van der Waals surface area contributed by atoms with Crippen LogP contribution in [-0.2, 0) is 0 Å². The standard InChI is InChI=1S/C12H13ClN4O2/c1-18-9-5-7(3-4-8(9)13)17-12-10(19-2)11(14)15-6-16-12/h3-6H,1-2H3,(H3,14,15,16,17). The van der Waals surface area contributed by atoms with Gasteiger partial charge in [0.05, 0.1) is 19.2 Å². The second-order valence-corrected chi connectivity index (χ2v) is 4.02. The van der Waals surface area contributed by atoms with Crippen molar-refractivity contribution in [3.8, 4) is 11.5 Å². The highest BCUT2D eigenvalue weighted by Gasteiger charge is 2.10. The Morgan fingerprint density at radius 1 is 1.21 bits per heavy atom. The van der Waals surface area contributed by atoms with E-state index in [1.165, 1.54) is 13.4 Å². The SMILES string of the molecule is COc1cc(Nc2ncnc(N)c2OC)ccc1Cl. The van der Waals surface area contributed by atoms with Gasteiger partial charge in [0, 0.05) is 11.8 Å². The van der Waals surface area contributed by atoms with E-state index in [-0.39, 0.29) is 5.82 Å². The fourth-order valence-corrected chi connectivity index (χ4v) is 1.75. The third-order valence-electron chi connectivity index (χ3n) is 2.45. The summed E-state index contributed by atoms with van der Waals surface area (Å²) >= 11 is 5.96. The average Bonchev–Trinajstić information content (AvgIpc) is 2.41. The molecule has 1 aromatic carbocycles. The van der Waals surface area contributed by atoms with Gasteiger partial charge in [-0.05, 0) is 12.1 Å². The smallest absolute Gasteiger partial charge is 0.204 e. The van der Waals surface area contributed by atoms with Gasteiger partial charge in [0.1, 0.15) is 12.1 Å². The molecule has 0 spiro atoms. The Labute approximate surface area is 115 Å². The van der Waals surface area contributed by atoms with Crippen molar-refractivity contribution in [2.75, 3.05) is 25.3 Å². The fourth-order valence-electron chi connectivity index (χ4n) is 1.55. The number of aromatic nitrogens is 2. The molecule has 2 aromatic rings. The van der Waals surface area contributed by atoms with Gasteiger partial charge >= 0.3 is 0 Å². The lowest BCUT2D eigenvalue weighted by Gasteiger charge is -2.12. The number of methoxy groups -OCH3 is 2.